The molecule has 2 unspecified atom stereocenters. The van der Waals surface area contributed by atoms with Crippen molar-refractivity contribution in [1.82, 2.24) is 5.32 Å². The molecule has 0 saturated carbocycles. The molecule has 1 aliphatic heterocycles. The van der Waals surface area contributed by atoms with Gasteiger partial charge in [0.25, 0.3) is 5.91 Å². The van der Waals surface area contributed by atoms with Gasteiger partial charge < -0.3 is 15.5 Å². The van der Waals surface area contributed by atoms with Crippen LogP contribution in [-0.4, -0.2) is 37.5 Å². The van der Waals surface area contributed by atoms with Crippen molar-refractivity contribution in [3.8, 4) is 0 Å². The van der Waals surface area contributed by atoms with E-state index in [2.05, 4.69) is 48.7 Å². The van der Waals surface area contributed by atoms with Crippen LogP contribution in [0.4, 0.5) is 5.69 Å². The number of carbonyl (C=O) groups is 2. The molecule has 3 N–H and O–H groups in total. The zero-order valence-electron chi connectivity index (χ0n) is 17.4. The van der Waals surface area contributed by atoms with Gasteiger partial charge in [-0.3, -0.25) is 9.59 Å². The second-order valence-electron chi connectivity index (χ2n) is 7.62. The van der Waals surface area contributed by atoms with Crippen molar-refractivity contribution in [2.45, 2.75) is 49.4 Å². The summed E-state index contributed by atoms with van der Waals surface area (Å²) in [5.74, 6) is -0.243. The molecule has 1 fully saturated rings. The van der Waals surface area contributed by atoms with Crippen molar-refractivity contribution in [1.29, 1.82) is 0 Å². The molecule has 29 heavy (non-hydrogen) atoms. The molecule has 0 spiro atoms. The fourth-order valence-electron chi connectivity index (χ4n) is 3.79. The molecule has 0 radical (unpaired) electrons. The number of hydrogen-bond acceptors (Lipinski definition) is 3. The maximum atomic E-state index is 12.7. The van der Waals surface area contributed by atoms with Gasteiger partial charge in [-0.2, -0.15) is 0 Å². The van der Waals surface area contributed by atoms with Gasteiger partial charge in [-0.1, -0.05) is 29.5 Å². The molecule has 1 aliphatic rings. The topological polar surface area (TPSA) is 62.6 Å². The lowest BCUT2D eigenvalue weighted by Gasteiger charge is -2.20. The molecule has 2 aromatic carbocycles. The SMILES string of the molecule is CC[NH+]1CCCC1CNC(=O)c1ccc(Sc2ccc(C)cc2)c(NC(C)=O)c1. The number of nitrogens with one attached hydrogen (secondary N) is 3. The first kappa shape index (κ1) is 21.4. The zero-order chi connectivity index (χ0) is 20.8. The largest absolute Gasteiger partial charge is 0.346 e. The molecule has 0 aliphatic carbocycles. The Balaban J connectivity index is 1.72. The first-order valence-corrected chi connectivity index (χ1v) is 11.1. The maximum Gasteiger partial charge on any atom is 0.251 e. The molecule has 3 rings (SSSR count). The summed E-state index contributed by atoms with van der Waals surface area (Å²) in [6.07, 6.45) is 2.38. The Labute approximate surface area is 177 Å². The fraction of sp³-hybridized carbons (Fsp3) is 0.391. The summed E-state index contributed by atoms with van der Waals surface area (Å²) in [4.78, 5) is 28.0. The monoisotopic (exact) mass is 412 g/mol. The van der Waals surface area contributed by atoms with Gasteiger partial charge in [-0.05, 0) is 44.2 Å². The van der Waals surface area contributed by atoms with Crippen molar-refractivity contribution >= 4 is 29.3 Å². The minimum absolute atomic E-state index is 0.0918. The average molecular weight is 413 g/mol. The Morgan fingerprint density at radius 2 is 1.93 bits per heavy atom. The van der Waals surface area contributed by atoms with Crippen LogP contribution < -0.4 is 15.5 Å². The van der Waals surface area contributed by atoms with Crippen LogP contribution >= 0.6 is 11.8 Å². The molecule has 2 atom stereocenters. The third kappa shape index (κ3) is 5.84. The van der Waals surface area contributed by atoms with Gasteiger partial charge in [0.15, 0.2) is 0 Å². The first-order chi connectivity index (χ1) is 14.0. The summed E-state index contributed by atoms with van der Waals surface area (Å²) >= 11 is 1.57. The van der Waals surface area contributed by atoms with E-state index in [9.17, 15) is 9.59 Å². The Hall–Kier alpha value is -2.31. The van der Waals surface area contributed by atoms with Gasteiger partial charge in [0.05, 0.1) is 25.3 Å². The van der Waals surface area contributed by atoms with E-state index < -0.39 is 0 Å². The third-order valence-corrected chi connectivity index (χ3v) is 6.48. The quantitative estimate of drug-likeness (QED) is 0.655. The minimum Gasteiger partial charge on any atom is -0.346 e. The average Bonchev–Trinajstić information content (AvgIpc) is 3.16. The molecule has 2 aromatic rings. The number of likely N-dealkylation sites (N-methyl/N-ethyl adjacent to an activating group) is 1. The molecular formula is C23H30N3O2S+. The van der Waals surface area contributed by atoms with Crippen LogP contribution in [0, 0.1) is 6.92 Å². The molecule has 2 amide bonds. The van der Waals surface area contributed by atoms with Crippen LogP contribution in [0.25, 0.3) is 0 Å². The van der Waals surface area contributed by atoms with E-state index in [0.717, 1.165) is 22.8 Å². The lowest BCUT2D eigenvalue weighted by molar-refractivity contribution is -0.909. The summed E-state index contributed by atoms with van der Waals surface area (Å²) in [7, 11) is 0. The summed E-state index contributed by atoms with van der Waals surface area (Å²) in [5, 5.41) is 5.95. The highest BCUT2D eigenvalue weighted by molar-refractivity contribution is 7.99. The molecule has 154 valence electrons. The Kier molecular flexibility index (Phi) is 7.34. The van der Waals surface area contributed by atoms with E-state index in [1.807, 2.05) is 12.1 Å². The summed E-state index contributed by atoms with van der Waals surface area (Å²) in [6.45, 7) is 8.70. The fourth-order valence-corrected chi connectivity index (χ4v) is 4.68. The van der Waals surface area contributed by atoms with E-state index in [0.29, 0.717) is 23.8 Å². The number of likely N-dealkylation sites (tertiary alicyclic amines) is 1. The second-order valence-corrected chi connectivity index (χ2v) is 8.73. The number of aryl methyl sites for hydroxylation is 1. The van der Waals surface area contributed by atoms with Crippen LogP contribution in [0.1, 0.15) is 42.6 Å². The zero-order valence-corrected chi connectivity index (χ0v) is 18.2. The van der Waals surface area contributed by atoms with E-state index in [1.54, 1.807) is 22.7 Å². The van der Waals surface area contributed by atoms with Gasteiger partial charge in [0.1, 0.15) is 6.04 Å². The van der Waals surface area contributed by atoms with E-state index in [1.165, 1.54) is 25.5 Å². The molecule has 5 nitrogen and oxygen atoms in total. The highest BCUT2D eigenvalue weighted by Gasteiger charge is 2.27. The Bertz CT molecular complexity index is 867. The number of hydrogen-bond donors (Lipinski definition) is 3. The predicted molar refractivity (Wildman–Crippen MR) is 118 cm³/mol. The van der Waals surface area contributed by atoms with Crippen molar-refractivity contribution in [3.63, 3.8) is 0 Å². The van der Waals surface area contributed by atoms with Crippen LogP contribution in [0.15, 0.2) is 52.3 Å². The molecule has 6 heteroatoms. The standard InChI is InChI=1S/C23H29N3O2S/c1-4-26-13-5-6-19(26)15-24-23(28)18-9-12-22(21(14-18)25-17(3)27)29-20-10-7-16(2)8-11-20/h7-12,14,19H,4-6,13,15H2,1-3H3,(H,24,28)(H,25,27)/p+1. The molecule has 0 bridgehead atoms. The second kappa shape index (κ2) is 9.94. The summed E-state index contributed by atoms with van der Waals surface area (Å²) in [6, 6.07) is 14.2. The number of quaternary nitrogens is 1. The predicted octanol–water partition coefficient (Wildman–Crippen LogP) is 2.90. The van der Waals surface area contributed by atoms with Crippen LogP contribution in [-0.2, 0) is 4.79 Å². The highest BCUT2D eigenvalue weighted by atomic mass is 32.2. The van der Waals surface area contributed by atoms with Gasteiger partial charge >= 0.3 is 0 Å². The van der Waals surface area contributed by atoms with Crippen LogP contribution in [0.3, 0.4) is 0 Å². The van der Waals surface area contributed by atoms with Crippen LogP contribution in [0.5, 0.6) is 0 Å². The summed E-state index contributed by atoms with van der Waals surface area (Å²) in [5.41, 5.74) is 2.43. The molecule has 1 saturated heterocycles. The number of rotatable bonds is 7. The van der Waals surface area contributed by atoms with Crippen molar-refractivity contribution in [2.75, 3.05) is 25.0 Å². The Morgan fingerprint density at radius 1 is 1.17 bits per heavy atom. The van der Waals surface area contributed by atoms with Gasteiger partial charge in [-0.25, -0.2) is 0 Å². The number of carbonyl (C=O) groups excluding carboxylic acids is 2. The smallest absolute Gasteiger partial charge is 0.251 e. The van der Waals surface area contributed by atoms with Crippen molar-refractivity contribution in [3.05, 3.63) is 53.6 Å². The van der Waals surface area contributed by atoms with E-state index in [-0.39, 0.29) is 11.8 Å². The van der Waals surface area contributed by atoms with Gasteiger partial charge in [-0.15, -0.1) is 0 Å². The number of anilines is 1. The van der Waals surface area contributed by atoms with Gasteiger partial charge in [0, 0.05) is 35.1 Å². The highest BCUT2D eigenvalue weighted by Crippen LogP contribution is 2.34. The lowest BCUT2D eigenvalue weighted by atomic mass is 10.1. The van der Waals surface area contributed by atoms with Crippen LogP contribution in [0.2, 0.25) is 0 Å². The maximum absolute atomic E-state index is 12.7. The minimum atomic E-state index is -0.151. The van der Waals surface area contributed by atoms with E-state index in [4.69, 9.17) is 0 Å². The summed E-state index contributed by atoms with van der Waals surface area (Å²) < 4.78 is 0. The normalized spacial score (nSPS) is 18.4. The molecular weight excluding hydrogens is 382 g/mol. The number of benzene rings is 2. The molecule has 1 heterocycles. The number of amides is 2. The van der Waals surface area contributed by atoms with Gasteiger partial charge in [0.2, 0.25) is 5.91 Å². The third-order valence-electron chi connectivity index (χ3n) is 5.39. The van der Waals surface area contributed by atoms with Crippen molar-refractivity contribution in [2.24, 2.45) is 0 Å². The van der Waals surface area contributed by atoms with E-state index >= 15 is 0 Å². The first-order valence-electron chi connectivity index (χ1n) is 10.2. The molecule has 0 aromatic heterocycles. The Morgan fingerprint density at radius 3 is 2.62 bits per heavy atom. The lowest BCUT2D eigenvalue weighted by Crippen LogP contribution is -3.14. The van der Waals surface area contributed by atoms with Crippen molar-refractivity contribution < 1.29 is 14.5 Å².